The molecule has 1 aliphatic rings. The van der Waals surface area contributed by atoms with Crippen molar-refractivity contribution in [3.63, 3.8) is 0 Å². The molecule has 0 saturated carbocycles. The van der Waals surface area contributed by atoms with Crippen LogP contribution in [0.5, 0.6) is 17.2 Å². The van der Waals surface area contributed by atoms with Gasteiger partial charge in [0.1, 0.15) is 11.5 Å². The van der Waals surface area contributed by atoms with E-state index in [0.717, 1.165) is 71.6 Å². The molecule has 0 fully saturated rings. The summed E-state index contributed by atoms with van der Waals surface area (Å²) in [5.41, 5.74) is 5.11. The molecule has 0 aliphatic carbocycles. The van der Waals surface area contributed by atoms with Crippen LogP contribution in [-0.2, 0) is 5.41 Å². The van der Waals surface area contributed by atoms with Crippen LogP contribution < -0.4 is 34.9 Å². The van der Waals surface area contributed by atoms with Crippen LogP contribution >= 0.6 is 0 Å². The molecule has 0 N–H and O–H groups in total. The number of nitrogens with zero attached hydrogens (tertiary/aromatic N) is 2. The zero-order valence-electron chi connectivity index (χ0n) is 30.8. The highest BCUT2D eigenvalue weighted by molar-refractivity contribution is 5.83. The van der Waals surface area contributed by atoms with Crippen molar-refractivity contribution >= 4 is 28.8 Å². The summed E-state index contributed by atoms with van der Waals surface area (Å²) < 4.78 is 17.7. The Morgan fingerprint density at radius 3 is 1.70 bits per heavy atom. The second-order valence-corrected chi connectivity index (χ2v) is 13.6. The Labute approximate surface area is 298 Å². The fraction of sp³-hybridized carbons (Fsp3) is 0.442. The molecule has 0 aromatic heterocycles. The molecule has 50 heavy (non-hydrogen) atoms. The number of likely N-dealkylation sites (N-methyl/N-ethyl adjacent to an activating group) is 1. The average molecular weight is 679 g/mol. The van der Waals surface area contributed by atoms with Gasteiger partial charge in [0.2, 0.25) is 5.43 Å². The van der Waals surface area contributed by atoms with Gasteiger partial charge in [0.15, 0.2) is 5.75 Å². The van der Waals surface area contributed by atoms with E-state index >= 15 is 0 Å². The molecule has 5 rings (SSSR count). The summed E-state index contributed by atoms with van der Waals surface area (Å²) in [6.45, 7) is 15.2. The van der Waals surface area contributed by atoms with Crippen LogP contribution in [0.15, 0.2) is 82.0 Å². The zero-order valence-corrected chi connectivity index (χ0v) is 30.8. The Bertz CT molecular complexity index is 1740. The molecule has 1 heterocycles. The summed E-state index contributed by atoms with van der Waals surface area (Å²) in [6, 6.07) is 23.2. The normalized spacial score (nSPS) is 14.3. The van der Waals surface area contributed by atoms with Gasteiger partial charge in [-0.3, -0.25) is 9.59 Å². The third-order valence-corrected chi connectivity index (χ3v) is 9.64. The van der Waals surface area contributed by atoms with E-state index in [4.69, 9.17) is 14.2 Å². The maximum absolute atomic E-state index is 12.6. The molecular formula is C43H54N2O5. The van der Waals surface area contributed by atoms with Crippen molar-refractivity contribution < 1.29 is 14.2 Å². The van der Waals surface area contributed by atoms with Crippen molar-refractivity contribution in [2.45, 2.75) is 98.3 Å². The van der Waals surface area contributed by atoms with Gasteiger partial charge in [-0.25, -0.2) is 0 Å². The lowest BCUT2D eigenvalue weighted by Gasteiger charge is -2.28. The van der Waals surface area contributed by atoms with Gasteiger partial charge in [-0.15, -0.1) is 0 Å². The van der Waals surface area contributed by atoms with E-state index in [1.807, 2.05) is 37.3 Å². The van der Waals surface area contributed by atoms with Crippen molar-refractivity contribution in [2.75, 3.05) is 36.2 Å². The molecule has 0 atom stereocenters. The molecule has 0 radical (unpaired) electrons. The average Bonchev–Trinajstić information content (AvgIpc) is 3.35. The first kappa shape index (κ1) is 36.8. The zero-order chi connectivity index (χ0) is 35.7. The summed E-state index contributed by atoms with van der Waals surface area (Å²) >= 11 is 0. The number of benzene rings is 3. The molecule has 266 valence electrons. The minimum absolute atomic E-state index is 0.168. The van der Waals surface area contributed by atoms with E-state index in [0.29, 0.717) is 18.7 Å². The van der Waals surface area contributed by atoms with Gasteiger partial charge in [-0.1, -0.05) is 66.2 Å². The molecule has 4 aromatic rings. The van der Waals surface area contributed by atoms with Crippen LogP contribution in [0.3, 0.4) is 0 Å². The fourth-order valence-electron chi connectivity index (χ4n) is 6.81. The van der Waals surface area contributed by atoms with Crippen LogP contribution in [0.4, 0.5) is 22.7 Å². The van der Waals surface area contributed by atoms with Crippen LogP contribution in [0.1, 0.15) is 104 Å². The Morgan fingerprint density at radius 1 is 0.660 bits per heavy atom. The fourth-order valence-corrected chi connectivity index (χ4v) is 6.81. The van der Waals surface area contributed by atoms with E-state index in [2.05, 4.69) is 86.9 Å². The number of hydrogen-bond acceptors (Lipinski definition) is 7. The second kappa shape index (κ2) is 16.9. The Balaban J connectivity index is 1.49. The Morgan fingerprint density at radius 2 is 1.20 bits per heavy atom. The van der Waals surface area contributed by atoms with Gasteiger partial charge in [0, 0.05) is 40.4 Å². The number of fused-ring (bicyclic) bond motifs is 1. The van der Waals surface area contributed by atoms with Gasteiger partial charge in [0.05, 0.1) is 25.4 Å². The maximum Gasteiger partial charge on any atom is 0.268 e. The summed E-state index contributed by atoms with van der Waals surface area (Å²) in [5, 5.41) is 0. The maximum atomic E-state index is 12.6. The molecule has 0 spiro atoms. The van der Waals surface area contributed by atoms with Crippen molar-refractivity contribution in [1.29, 1.82) is 0 Å². The number of ether oxygens (including phenoxy) is 3. The summed E-state index contributed by atoms with van der Waals surface area (Å²) in [4.78, 5) is 29.4. The standard InChI is InChI=1S/C43H54N2O5/c1-7-11-13-15-27-49-34-22-17-31(18-23-34)45(32-19-24-35(25-20-32)50-28-16-14-12-8-2)33-21-26-38-37(29-33)43(5,6)39(44(38)9-3)30-36-40(46)41(47)42(36)48-10-4/h17-26,29-30H,7-16,27-28H2,1-6H3/b39-30+. The molecule has 0 unspecified atom stereocenters. The first-order valence-electron chi connectivity index (χ1n) is 18.6. The quantitative estimate of drug-likeness (QED) is 0.0722. The predicted molar refractivity (Wildman–Crippen MR) is 207 cm³/mol. The van der Waals surface area contributed by atoms with Crippen LogP contribution in [0, 0.1) is 0 Å². The number of unbranched alkanes of at least 4 members (excludes halogenated alkanes) is 6. The lowest BCUT2D eigenvalue weighted by Crippen LogP contribution is -2.36. The van der Waals surface area contributed by atoms with Crippen molar-refractivity contribution in [3.8, 4) is 17.2 Å². The van der Waals surface area contributed by atoms with Crippen molar-refractivity contribution in [2.24, 2.45) is 0 Å². The van der Waals surface area contributed by atoms with Gasteiger partial charge in [0.25, 0.3) is 5.43 Å². The molecule has 0 bridgehead atoms. The third-order valence-electron chi connectivity index (χ3n) is 9.64. The molecular weight excluding hydrogens is 624 g/mol. The summed E-state index contributed by atoms with van der Waals surface area (Å²) in [5.74, 6) is 1.90. The van der Waals surface area contributed by atoms with Crippen molar-refractivity contribution in [1.82, 2.24) is 0 Å². The van der Waals surface area contributed by atoms with Crippen LogP contribution in [-0.4, -0.2) is 26.4 Å². The number of allylic oxidation sites excluding steroid dienone is 1. The van der Waals surface area contributed by atoms with E-state index in [1.165, 1.54) is 38.5 Å². The molecule has 4 aromatic carbocycles. The predicted octanol–water partition coefficient (Wildman–Crippen LogP) is 10.2. The molecule has 7 heteroatoms. The highest BCUT2D eigenvalue weighted by Gasteiger charge is 2.41. The third kappa shape index (κ3) is 7.93. The second-order valence-electron chi connectivity index (χ2n) is 13.6. The van der Waals surface area contributed by atoms with Gasteiger partial charge in [-0.05, 0) is 105 Å². The van der Waals surface area contributed by atoms with E-state index < -0.39 is 16.3 Å². The molecule has 1 aliphatic heterocycles. The number of anilines is 4. The minimum atomic E-state index is -0.547. The molecule has 0 amide bonds. The monoisotopic (exact) mass is 678 g/mol. The van der Waals surface area contributed by atoms with E-state index in [-0.39, 0.29) is 5.75 Å². The molecule has 0 saturated heterocycles. The highest BCUT2D eigenvalue weighted by atomic mass is 16.5. The number of hydrogen-bond donors (Lipinski definition) is 0. The summed E-state index contributed by atoms with van der Waals surface area (Å²) in [6.07, 6.45) is 11.2. The van der Waals surface area contributed by atoms with Crippen LogP contribution in [0.2, 0.25) is 0 Å². The van der Waals surface area contributed by atoms with E-state index in [1.54, 1.807) is 0 Å². The topological polar surface area (TPSA) is 68.3 Å². The SMILES string of the molecule is CCCCCCOc1ccc(N(c2ccc(OCCCCCC)cc2)c2ccc3c(c2)C(C)(C)/C(=C\c2c(OCC)c(=O)c2=O)N3CC)cc1. The van der Waals surface area contributed by atoms with Gasteiger partial charge in [-0.2, -0.15) is 0 Å². The smallest absolute Gasteiger partial charge is 0.268 e. The molecule has 7 nitrogen and oxygen atoms in total. The Hall–Kier alpha value is -4.52. The lowest BCUT2D eigenvalue weighted by molar-refractivity contribution is 0.305. The Kier molecular flexibility index (Phi) is 12.4. The number of rotatable bonds is 19. The van der Waals surface area contributed by atoms with Crippen LogP contribution in [0.25, 0.3) is 6.08 Å². The largest absolute Gasteiger partial charge is 0.494 e. The highest BCUT2D eigenvalue weighted by Crippen LogP contribution is 2.50. The van der Waals surface area contributed by atoms with E-state index in [9.17, 15) is 9.59 Å². The van der Waals surface area contributed by atoms with Gasteiger partial charge < -0.3 is 24.0 Å². The van der Waals surface area contributed by atoms with Gasteiger partial charge >= 0.3 is 0 Å². The minimum Gasteiger partial charge on any atom is -0.494 e. The lowest BCUT2D eigenvalue weighted by atomic mass is 9.82. The first-order chi connectivity index (χ1) is 24.2. The van der Waals surface area contributed by atoms with Crippen molar-refractivity contribution in [3.05, 3.63) is 104 Å². The first-order valence-corrected chi connectivity index (χ1v) is 18.6. The summed E-state index contributed by atoms with van der Waals surface area (Å²) in [7, 11) is 0.